The molecule has 0 fully saturated rings. The molecule has 1 aromatic carbocycles. The number of aliphatic hydroxyl groups is 1. The van der Waals surface area contributed by atoms with Crippen molar-refractivity contribution >= 4 is 21.2 Å². The Balaban J connectivity index is 2.81. The van der Waals surface area contributed by atoms with Gasteiger partial charge in [-0.1, -0.05) is 0 Å². The molecule has 0 aliphatic carbocycles. The Morgan fingerprint density at radius 3 is 2.60 bits per heavy atom. The standard InChI is InChI=1S/C8H9AsO/c9-8-4-2-1-3-7(8)5-6-10/h1-4,10H,5-6H2. The van der Waals surface area contributed by atoms with Gasteiger partial charge in [0.15, 0.2) is 0 Å². The van der Waals surface area contributed by atoms with Crippen LogP contribution in [0.5, 0.6) is 0 Å². The first-order chi connectivity index (χ1) is 4.84. The van der Waals surface area contributed by atoms with Gasteiger partial charge < -0.3 is 0 Å². The summed E-state index contributed by atoms with van der Waals surface area (Å²) < 4.78 is 1.20. The van der Waals surface area contributed by atoms with Crippen LogP contribution in [0.25, 0.3) is 0 Å². The van der Waals surface area contributed by atoms with Gasteiger partial charge in [0.25, 0.3) is 0 Å². The van der Waals surface area contributed by atoms with E-state index >= 15 is 0 Å². The molecular formula is C8H9AsO. The first kappa shape index (κ1) is 7.84. The van der Waals surface area contributed by atoms with Gasteiger partial charge in [-0.2, -0.15) is 0 Å². The second-order valence-electron chi connectivity index (χ2n) is 2.10. The van der Waals surface area contributed by atoms with Crippen LogP contribution >= 0.6 is 0 Å². The van der Waals surface area contributed by atoms with Crippen LogP contribution in [-0.4, -0.2) is 28.6 Å². The van der Waals surface area contributed by atoms with Crippen molar-refractivity contribution in [3.05, 3.63) is 29.8 Å². The predicted molar refractivity (Wildman–Crippen MR) is 42.6 cm³/mol. The monoisotopic (exact) mass is 196 g/mol. The van der Waals surface area contributed by atoms with E-state index < -0.39 is 0 Å². The van der Waals surface area contributed by atoms with Crippen molar-refractivity contribution in [3.8, 4) is 0 Å². The molecule has 0 aliphatic rings. The molecule has 0 atom stereocenters. The van der Waals surface area contributed by atoms with Gasteiger partial charge in [-0.05, 0) is 0 Å². The van der Waals surface area contributed by atoms with E-state index in [9.17, 15) is 0 Å². The molecule has 10 heavy (non-hydrogen) atoms. The SMILES string of the molecule is OCCc1ccccc1[As]. The number of aliphatic hydroxyl groups excluding tert-OH is 1. The van der Waals surface area contributed by atoms with Gasteiger partial charge in [0.1, 0.15) is 0 Å². The molecule has 2 heteroatoms. The van der Waals surface area contributed by atoms with Crippen LogP contribution in [0.15, 0.2) is 24.3 Å². The molecule has 1 rings (SSSR count). The number of hydrogen-bond acceptors (Lipinski definition) is 1. The van der Waals surface area contributed by atoms with Crippen LogP contribution < -0.4 is 4.35 Å². The molecule has 0 bridgehead atoms. The second kappa shape index (κ2) is 3.80. The zero-order chi connectivity index (χ0) is 7.40. The zero-order valence-corrected chi connectivity index (χ0v) is 7.49. The van der Waals surface area contributed by atoms with Gasteiger partial charge in [0.05, 0.1) is 0 Å². The summed E-state index contributed by atoms with van der Waals surface area (Å²) in [6.45, 7) is 0.231. The van der Waals surface area contributed by atoms with E-state index in [-0.39, 0.29) is 6.61 Å². The molecule has 0 unspecified atom stereocenters. The van der Waals surface area contributed by atoms with Crippen molar-refractivity contribution in [2.24, 2.45) is 0 Å². The second-order valence-corrected chi connectivity index (χ2v) is 3.11. The zero-order valence-electron chi connectivity index (χ0n) is 5.62. The van der Waals surface area contributed by atoms with Gasteiger partial charge in [-0.25, -0.2) is 0 Å². The molecule has 0 spiro atoms. The van der Waals surface area contributed by atoms with E-state index in [0.29, 0.717) is 0 Å². The minimum absolute atomic E-state index is 0.231. The van der Waals surface area contributed by atoms with E-state index in [1.807, 2.05) is 24.3 Å². The quantitative estimate of drug-likeness (QED) is 0.661. The predicted octanol–water partition coefficient (Wildman–Crippen LogP) is 0.0152. The molecule has 1 nitrogen and oxygen atoms in total. The maximum absolute atomic E-state index is 8.64. The third-order valence-electron chi connectivity index (χ3n) is 1.37. The first-order valence-electron chi connectivity index (χ1n) is 3.22. The molecule has 1 aromatic rings. The van der Waals surface area contributed by atoms with Gasteiger partial charge in [-0.15, -0.1) is 0 Å². The van der Waals surface area contributed by atoms with E-state index in [0.717, 1.165) is 6.42 Å². The molecule has 52 valence electrons. The third-order valence-corrected chi connectivity index (χ3v) is 2.29. The number of rotatable bonds is 2. The van der Waals surface area contributed by atoms with Crippen LogP contribution in [0, 0.1) is 0 Å². The molecular weight excluding hydrogens is 187 g/mol. The topological polar surface area (TPSA) is 20.2 Å². The van der Waals surface area contributed by atoms with Crippen LogP contribution in [0.4, 0.5) is 0 Å². The molecule has 2 radical (unpaired) electrons. The maximum atomic E-state index is 8.64. The van der Waals surface area contributed by atoms with Gasteiger partial charge in [0.2, 0.25) is 0 Å². The first-order valence-corrected chi connectivity index (χ1v) is 4.16. The van der Waals surface area contributed by atoms with Crippen molar-refractivity contribution < 1.29 is 5.11 Å². The van der Waals surface area contributed by atoms with Crippen LogP contribution in [-0.2, 0) is 6.42 Å². The molecule has 1 N–H and O–H groups in total. The fraction of sp³-hybridized carbons (Fsp3) is 0.250. The average molecular weight is 196 g/mol. The summed E-state index contributed by atoms with van der Waals surface area (Å²) in [6.07, 6.45) is 0.755. The molecule has 0 saturated heterocycles. The Morgan fingerprint density at radius 1 is 1.30 bits per heavy atom. The summed E-state index contributed by atoms with van der Waals surface area (Å²) in [5, 5.41) is 8.64. The van der Waals surface area contributed by atoms with Gasteiger partial charge in [-0.3, -0.25) is 0 Å². The molecule has 0 heterocycles. The van der Waals surface area contributed by atoms with Crippen molar-refractivity contribution in [1.29, 1.82) is 0 Å². The average Bonchev–Trinajstić information content (AvgIpc) is 1.94. The van der Waals surface area contributed by atoms with Crippen LogP contribution in [0.3, 0.4) is 0 Å². The van der Waals surface area contributed by atoms with Crippen molar-refractivity contribution in [3.63, 3.8) is 0 Å². The van der Waals surface area contributed by atoms with Crippen molar-refractivity contribution in [2.75, 3.05) is 6.61 Å². The van der Waals surface area contributed by atoms with E-state index in [1.165, 1.54) is 9.91 Å². The summed E-state index contributed by atoms with van der Waals surface area (Å²) in [7, 11) is 0. The van der Waals surface area contributed by atoms with Crippen molar-refractivity contribution in [1.82, 2.24) is 0 Å². The Kier molecular flexibility index (Phi) is 2.98. The number of benzene rings is 1. The minimum atomic E-state index is 0.231. The van der Waals surface area contributed by atoms with Gasteiger partial charge >= 0.3 is 69.2 Å². The van der Waals surface area contributed by atoms with Crippen LogP contribution in [0.2, 0.25) is 0 Å². The normalized spacial score (nSPS) is 9.80. The summed E-state index contributed by atoms with van der Waals surface area (Å²) in [4.78, 5) is 0. The molecule has 0 saturated carbocycles. The fourth-order valence-electron chi connectivity index (χ4n) is 0.843. The summed E-state index contributed by atoms with van der Waals surface area (Å²) in [5.41, 5.74) is 1.21. The molecule has 0 aromatic heterocycles. The van der Waals surface area contributed by atoms with Crippen LogP contribution in [0.1, 0.15) is 5.56 Å². The van der Waals surface area contributed by atoms with Crippen molar-refractivity contribution in [2.45, 2.75) is 6.42 Å². The fourth-order valence-corrected chi connectivity index (χ4v) is 1.41. The molecule has 0 aliphatic heterocycles. The molecule has 0 amide bonds. The third kappa shape index (κ3) is 1.86. The van der Waals surface area contributed by atoms with E-state index in [4.69, 9.17) is 5.11 Å². The Labute approximate surface area is 69.6 Å². The van der Waals surface area contributed by atoms with E-state index in [1.54, 1.807) is 0 Å². The summed E-state index contributed by atoms with van der Waals surface area (Å²) in [5.74, 6) is 0. The Hall–Kier alpha value is -0.262. The Bertz CT molecular complexity index is 210. The Morgan fingerprint density at radius 2 is 2.00 bits per heavy atom. The number of hydrogen-bond donors (Lipinski definition) is 1. The van der Waals surface area contributed by atoms with Gasteiger partial charge in [0, 0.05) is 0 Å². The van der Waals surface area contributed by atoms with E-state index in [2.05, 4.69) is 16.9 Å². The summed E-state index contributed by atoms with van der Waals surface area (Å²) >= 11 is 2.50. The summed E-state index contributed by atoms with van der Waals surface area (Å²) in [6, 6.07) is 8.05.